The molecule has 3 heteroatoms. The van der Waals surface area contributed by atoms with Crippen molar-refractivity contribution in [2.75, 3.05) is 19.6 Å². The van der Waals surface area contributed by atoms with Crippen molar-refractivity contribution in [1.29, 1.82) is 0 Å². The number of piperidine rings is 1. The molecule has 1 saturated heterocycles. The minimum atomic E-state index is -0.570. The molecular formula is C18H35NO2. The molecule has 0 saturated carbocycles. The Labute approximate surface area is 131 Å². The number of carboxylic acids is 1. The minimum absolute atomic E-state index is 0.425. The van der Waals surface area contributed by atoms with Crippen molar-refractivity contribution in [3.8, 4) is 0 Å². The summed E-state index contributed by atoms with van der Waals surface area (Å²) in [7, 11) is 0. The molecule has 0 aromatic carbocycles. The quantitative estimate of drug-likeness (QED) is 0.562. The molecule has 1 aliphatic heterocycles. The summed E-state index contributed by atoms with van der Waals surface area (Å²) in [6, 6.07) is 0. The van der Waals surface area contributed by atoms with E-state index in [-0.39, 0.29) is 0 Å². The number of rotatable bonds is 11. The van der Waals surface area contributed by atoms with Gasteiger partial charge in [-0.15, -0.1) is 0 Å². The largest absolute Gasteiger partial charge is 0.481 e. The summed E-state index contributed by atoms with van der Waals surface area (Å²) in [5, 5.41) is 9.50. The number of nitrogens with zero attached hydrogens (tertiary/aromatic N) is 1. The van der Waals surface area contributed by atoms with Crippen LogP contribution < -0.4 is 0 Å². The van der Waals surface area contributed by atoms with Crippen LogP contribution in [-0.4, -0.2) is 35.6 Å². The molecule has 0 bridgehead atoms. The normalized spacial score (nSPS) is 18.8. The fourth-order valence-electron chi connectivity index (χ4n) is 3.55. The fourth-order valence-corrected chi connectivity index (χ4v) is 3.55. The first-order valence-corrected chi connectivity index (χ1v) is 9.10. The Bertz CT molecular complexity index is 283. The van der Waals surface area contributed by atoms with Crippen LogP contribution in [0.2, 0.25) is 0 Å². The SMILES string of the molecule is CCCCCCCCCN1CCC(CCC)(C(=O)O)CC1. The molecule has 0 spiro atoms. The lowest BCUT2D eigenvalue weighted by Gasteiger charge is -2.38. The van der Waals surface area contributed by atoms with Gasteiger partial charge in [0.05, 0.1) is 5.41 Å². The summed E-state index contributed by atoms with van der Waals surface area (Å²) < 4.78 is 0. The highest BCUT2D eigenvalue weighted by atomic mass is 16.4. The molecule has 0 atom stereocenters. The number of hydrogen-bond donors (Lipinski definition) is 1. The third-order valence-corrected chi connectivity index (χ3v) is 5.07. The smallest absolute Gasteiger partial charge is 0.309 e. The Hall–Kier alpha value is -0.570. The van der Waals surface area contributed by atoms with Crippen molar-refractivity contribution in [2.24, 2.45) is 5.41 Å². The molecule has 0 amide bonds. The summed E-state index contributed by atoms with van der Waals surface area (Å²) in [6.07, 6.45) is 12.9. The monoisotopic (exact) mass is 297 g/mol. The van der Waals surface area contributed by atoms with E-state index in [1.807, 2.05) is 0 Å². The van der Waals surface area contributed by atoms with E-state index in [0.29, 0.717) is 0 Å². The zero-order chi connectivity index (χ0) is 15.6. The molecule has 1 heterocycles. The van der Waals surface area contributed by atoms with E-state index in [1.54, 1.807) is 0 Å². The van der Waals surface area contributed by atoms with Crippen LogP contribution >= 0.6 is 0 Å². The predicted octanol–water partition coefficient (Wildman–Crippen LogP) is 4.70. The molecule has 21 heavy (non-hydrogen) atoms. The summed E-state index contributed by atoms with van der Waals surface area (Å²) in [5.41, 5.74) is -0.425. The van der Waals surface area contributed by atoms with Crippen molar-refractivity contribution in [3.63, 3.8) is 0 Å². The highest BCUT2D eigenvalue weighted by molar-refractivity contribution is 5.74. The fraction of sp³-hybridized carbons (Fsp3) is 0.944. The maximum atomic E-state index is 11.5. The minimum Gasteiger partial charge on any atom is -0.481 e. The molecule has 1 aliphatic rings. The highest BCUT2D eigenvalue weighted by Crippen LogP contribution is 2.36. The van der Waals surface area contributed by atoms with E-state index < -0.39 is 11.4 Å². The highest BCUT2D eigenvalue weighted by Gasteiger charge is 2.40. The Kier molecular flexibility index (Phi) is 8.98. The van der Waals surface area contributed by atoms with E-state index >= 15 is 0 Å². The average molecular weight is 297 g/mol. The van der Waals surface area contributed by atoms with Gasteiger partial charge in [-0.25, -0.2) is 0 Å². The van der Waals surface area contributed by atoms with E-state index in [9.17, 15) is 9.90 Å². The van der Waals surface area contributed by atoms with E-state index in [1.165, 1.54) is 44.9 Å². The molecule has 0 aliphatic carbocycles. The second-order valence-corrected chi connectivity index (χ2v) is 6.80. The summed E-state index contributed by atoms with van der Waals surface area (Å²) in [4.78, 5) is 14.0. The van der Waals surface area contributed by atoms with Gasteiger partial charge in [-0.1, -0.05) is 58.8 Å². The molecule has 0 radical (unpaired) electrons. The van der Waals surface area contributed by atoms with Crippen LogP contribution in [0.15, 0.2) is 0 Å². The van der Waals surface area contributed by atoms with Crippen LogP contribution in [0.3, 0.4) is 0 Å². The van der Waals surface area contributed by atoms with Gasteiger partial charge in [0, 0.05) is 0 Å². The van der Waals surface area contributed by atoms with Crippen LogP contribution in [0.5, 0.6) is 0 Å². The third-order valence-electron chi connectivity index (χ3n) is 5.07. The maximum absolute atomic E-state index is 11.5. The van der Waals surface area contributed by atoms with Gasteiger partial charge in [0.25, 0.3) is 0 Å². The number of unbranched alkanes of at least 4 members (excludes halogenated alkanes) is 6. The van der Waals surface area contributed by atoms with Crippen molar-refractivity contribution >= 4 is 5.97 Å². The van der Waals surface area contributed by atoms with Crippen LogP contribution in [-0.2, 0) is 4.79 Å². The molecule has 0 aromatic heterocycles. The second kappa shape index (κ2) is 10.2. The van der Waals surface area contributed by atoms with Crippen LogP contribution in [0.1, 0.15) is 84.5 Å². The Balaban J connectivity index is 2.14. The lowest BCUT2D eigenvalue weighted by atomic mass is 9.75. The van der Waals surface area contributed by atoms with Crippen LogP contribution in [0.4, 0.5) is 0 Å². The van der Waals surface area contributed by atoms with Gasteiger partial charge < -0.3 is 10.0 Å². The van der Waals surface area contributed by atoms with E-state index in [2.05, 4.69) is 18.7 Å². The first kappa shape index (κ1) is 18.5. The predicted molar refractivity (Wildman–Crippen MR) is 88.6 cm³/mol. The van der Waals surface area contributed by atoms with Gasteiger partial charge in [0.15, 0.2) is 0 Å². The number of aliphatic carboxylic acids is 1. The van der Waals surface area contributed by atoms with E-state index in [4.69, 9.17) is 0 Å². The topological polar surface area (TPSA) is 40.5 Å². The molecule has 124 valence electrons. The molecular weight excluding hydrogens is 262 g/mol. The van der Waals surface area contributed by atoms with Gasteiger partial charge in [0.1, 0.15) is 0 Å². The van der Waals surface area contributed by atoms with Crippen LogP contribution in [0.25, 0.3) is 0 Å². The zero-order valence-electron chi connectivity index (χ0n) is 14.2. The molecule has 0 unspecified atom stereocenters. The molecule has 1 fully saturated rings. The van der Waals surface area contributed by atoms with Crippen molar-refractivity contribution in [1.82, 2.24) is 4.90 Å². The number of hydrogen-bond acceptors (Lipinski definition) is 2. The molecule has 1 rings (SSSR count). The van der Waals surface area contributed by atoms with Crippen LogP contribution in [0, 0.1) is 5.41 Å². The lowest BCUT2D eigenvalue weighted by molar-refractivity contribution is -0.152. The van der Waals surface area contributed by atoms with Gasteiger partial charge in [-0.05, 0) is 45.3 Å². The first-order valence-electron chi connectivity index (χ1n) is 9.10. The zero-order valence-corrected chi connectivity index (χ0v) is 14.2. The Morgan fingerprint density at radius 2 is 1.52 bits per heavy atom. The molecule has 3 nitrogen and oxygen atoms in total. The van der Waals surface area contributed by atoms with Gasteiger partial charge in [0.2, 0.25) is 0 Å². The number of likely N-dealkylation sites (tertiary alicyclic amines) is 1. The number of carboxylic acid groups (broad SMARTS) is 1. The molecule has 1 N–H and O–H groups in total. The van der Waals surface area contributed by atoms with Gasteiger partial charge in [-0.2, -0.15) is 0 Å². The lowest BCUT2D eigenvalue weighted by Crippen LogP contribution is -2.44. The van der Waals surface area contributed by atoms with Gasteiger partial charge in [-0.3, -0.25) is 4.79 Å². The Morgan fingerprint density at radius 3 is 2.05 bits per heavy atom. The van der Waals surface area contributed by atoms with E-state index in [0.717, 1.165) is 45.3 Å². The first-order chi connectivity index (χ1) is 10.1. The number of carbonyl (C=O) groups is 1. The summed E-state index contributed by atoms with van der Waals surface area (Å²) in [5.74, 6) is -0.570. The summed E-state index contributed by atoms with van der Waals surface area (Å²) in [6.45, 7) is 7.46. The van der Waals surface area contributed by atoms with Gasteiger partial charge >= 0.3 is 5.97 Å². The second-order valence-electron chi connectivity index (χ2n) is 6.80. The third kappa shape index (κ3) is 6.37. The maximum Gasteiger partial charge on any atom is 0.309 e. The van der Waals surface area contributed by atoms with Crippen molar-refractivity contribution in [2.45, 2.75) is 84.5 Å². The standard InChI is InChI=1S/C18H35NO2/c1-3-5-6-7-8-9-10-14-19-15-12-18(11-4-2,13-16-19)17(20)21/h3-16H2,1-2H3,(H,20,21). The van der Waals surface area contributed by atoms with Crippen molar-refractivity contribution in [3.05, 3.63) is 0 Å². The summed E-state index contributed by atoms with van der Waals surface area (Å²) >= 11 is 0. The van der Waals surface area contributed by atoms with Crippen molar-refractivity contribution < 1.29 is 9.90 Å². The average Bonchev–Trinajstić information content (AvgIpc) is 2.48. The Morgan fingerprint density at radius 1 is 0.952 bits per heavy atom. The molecule has 0 aromatic rings.